The average molecular weight is 162 g/mol. The second-order valence-electron chi connectivity index (χ2n) is 2.51. The van der Waals surface area contributed by atoms with Gasteiger partial charge in [0.2, 0.25) is 0 Å². The van der Waals surface area contributed by atoms with Gasteiger partial charge in [-0.15, -0.1) is 0 Å². The van der Waals surface area contributed by atoms with Crippen LogP contribution in [0.2, 0.25) is 0 Å². The van der Waals surface area contributed by atoms with Crippen LogP contribution in [0.15, 0.2) is 0 Å². The Morgan fingerprint density at radius 3 is 3.20 bits per heavy atom. The van der Waals surface area contributed by atoms with Crippen molar-refractivity contribution in [1.29, 1.82) is 0 Å². The van der Waals surface area contributed by atoms with Gasteiger partial charge in [-0.25, -0.2) is 0 Å². The Labute approximate surface area is 66.5 Å². The fraction of sp³-hybridized carbons (Fsp3) is 1.00. The second-order valence-corrected chi connectivity index (χ2v) is 3.08. The SMILES string of the molecule is CSOCCC1CCOC1. The zero-order valence-corrected chi connectivity index (χ0v) is 7.15. The summed E-state index contributed by atoms with van der Waals surface area (Å²) in [6.07, 6.45) is 4.32. The Morgan fingerprint density at radius 1 is 1.70 bits per heavy atom. The molecule has 0 spiro atoms. The molecule has 1 rings (SSSR count). The predicted molar refractivity (Wildman–Crippen MR) is 43.0 cm³/mol. The third-order valence-corrected chi connectivity index (χ3v) is 2.15. The number of hydrogen-bond donors (Lipinski definition) is 0. The molecule has 1 fully saturated rings. The van der Waals surface area contributed by atoms with Crippen LogP contribution in [0.3, 0.4) is 0 Å². The third kappa shape index (κ3) is 2.90. The molecule has 0 N–H and O–H groups in total. The highest BCUT2D eigenvalue weighted by Crippen LogP contribution is 2.16. The lowest BCUT2D eigenvalue weighted by Gasteiger charge is -2.04. The van der Waals surface area contributed by atoms with Crippen LogP contribution in [0.5, 0.6) is 0 Å². The lowest BCUT2D eigenvalue weighted by Crippen LogP contribution is -2.02. The van der Waals surface area contributed by atoms with E-state index in [1.165, 1.54) is 18.5 Å². The molecular weight excluding hydrogens is 148 g/mol. The van der Waals surface area contributed by atoms with Gasteiger partial charge in [-0.05, 0) is 30.8 Å². The lowest BCUT2D eigenvalue weighted by molar-refractivity contribution is 0.180. The summed E-state index contributed by atoms with van der Waals surface area (Å²) in [5, 5.41) is 0. The van der Waals surface area contributed by atoms with Gasteiger partial charge in [0.15, 0.2) is 0 Å². The van der Waals surface area contributed by atoms with Crippen molar-refractivity contribution in [2.75, 3.05) is 26.1 Å². The Bertz CT molecular complexity index is 81.7. The standard InChI is InChI=1S/C7H14O2S/c1-10-9-5-3-7-2-4-8-6-7/h7H,2-6H2,1H3. The first kappa shape index (κ1) is 8.37. The van der Waals surface area contributed by atoms with E-state index in [2.05, 4.69) is 0 Å². The molecule has 2 nitrogen and oxygen atoms in total. The largest absolute Gasteiger partial charge is 0.381 e. The van der Waals surface area contributed by atoms with Gasteiger partial charge in [0.1, 0.15) is 0 Å². The van der Waals surface area contributed by atoms with Gasteiger partial charge in [0.25, 0.3) is 0 Å². The fourth-order valence-corrected chi connectivity index (χ4v) is 1.37. The molecule has 3 heteroatoms. The van der Waals surface area contributed by atoms with E-state index in [4.69, 9.17) is 8.92 Å². The van der Waals surface area contributed by atoms with E-state index >= 15 is 0 Å². The maximum absolute atomic E-state index is 5.23. The summed E-state index contributed by atoms with van der Waals surface area (Å²) in [6.45, 7) is 2.76. The first-order valence-corrected chi connectivity index (χ1v) is 4.82. The van der Waals surface area contributed by atoms with Gasteiger partial charge >= 0.3 is 0 Å². The molecule has 0 aromatic rings. The van der Waals surface area contributed by atoms with Crippen molar-refractivity contribution in [3.8, 4) is 0 Å². The molecule has 0 saturated carbocycles. The summed E-state index contributed by atoms with van der Waals surface area (Å²) < 4.78 is 10.4. The van der Waals surface area contributed by atoms with E-state index < -0.39 is 0 Å². The van der Waals surface area contributed by atoms with Crippen molar-refractivity contribution in [1.82, 2.24) is 0 Å². The van der Waals surface area contributed by atoms with Crippen LogP contribution in [0.25, 0.3) is 0 Å². The molecule has 0 aliphatic carbocycles. The van der Waals surface area contributed by atoms with E-state index in [1.54, 1.807) is 0 Å². The molecule has 0 aromatic heterocycles. The highest BCUT2D eigenvalue weighted by Gasteiger charge is 2.14. The molecule has 0 aromatic carbocycles. The third-order valence-electron chi connectivity index (χ3n) is 1.75. The van der Waals surface area contributed by atoms with Crippen molar-refractivity contribution in [2.24, 2.45) is 5.92 Å². The average Bonchev–Trinajstić information content (AvgIpc) is 2.41. The second kappa shape index (κ2) is 4.99. The van der Waals surface area contributed by atoms with Crippen LogP contribution in [0.1, 0.15) is 12.8 Å². The van der Waals surface area contributed by atoms with Crippen LogP contribution >= 0.6 is 12.0 Å². The van der Waals surface area contributed by atoms with Crippen molar-refractivity contribution in [2.45, 2.75) is 12.8 Å². The Kier molecular flexibility index (Phi) is 4.18. The molecule has 1 saturated heterocycles. The van der Waals surface area contributed by atoms with Crippen LogP contribution in [0, 0.1) is 5.92 Å². The number of rotatable bonds is 4. The summed E-state index contributed by atoms with van der Waals surface area (Å²) in [7, 11) is 0. The van der Waals surface area contributed by atoms with Gasteiger partial charge in [0.05, 0.1) is 6.61 Å². The van der Waals surface area contributed by atoms with Crippen molar-refractivity contribution in [3.05, 3.63) is 0 Å². The number of ether oxygens (including phenoxy) is 1. The van der Waals surface area contributed by atoms with Crippen molar-refractivity contribution >= 4 is 12.0 Å². The zero-order valence-electron chi connectivity index (χ0n) is 6.34. The monoisotopic (exact) mass is 162 g/mol. The smallest absolute Gasteiger partial charge is 0.0617 e. The van der Waals surface area contributed by atoms with Gasteiger partial charge in [-0.1, -0.05) is 0 Å². The van der Waals surface area contributed by atoms with Gasteiger partial charge in [0, 0.05) is 19.5 Å². The first-order chi connectivity index (χ1) is 4.93. The molecule has 1 aliphatic heterocycles. The molecule has 1 atom stereocenters. The minimum Gasteiger partial charge on any atom is -0.381 e. The molecule has 0 bridgehead atoms. The summed E-state index contributed by atoms with van der Waals surface area (Å²) in [5.74, 6) is 0.757. The topological polar surface area (TPSA) is 18.5 Å². The quantitative estimate of drug-likeness (QED) is 0.463. The Morgan fingerprint density at radius 2 is 2.60 bits per heavy atom. The maximum Gasteiger partial charge on any atom is 0.0617 e. The summed E-state index contributed by atoms with van der Waals surface area (Å²) in [6, 6.07) is 0. The fourth-order valence-electron chi connectivity index (χ4n) is 1.11. The molecular formula is C7H14O2S. The molecule has 0 amide bonds. The van der Waals surface area contributed by atoms with Crippen LogP contribution in [-0.4, -0.2) is 26.1 Å². The van der Waals surface area contributed by atoms with E-state index in [-0.39, 0.29) is 0 Å². The van der Waals surface area contributed by atoms with E-state index in [0.717, 1.165) is 32.2 Å². The molecule has 1 heterocycles. The summed E-state index contributed by atoms with van der Waals surface area (Å²) in [4.78, 5) is 0. The van der Waals surface area contributed by atoms with E-state index in [9.17, 15) is 0 Å². The Hall–Kier alpha value is 0.270. The van der Waals surface area contributed by atoms with Crippen LogP contribution in [0.4, 0.5) is 0 Å². The molecule has 10 heavy (non-hydrogen) atoms. The molecule has 60 valence electrons. The lowest BCUT2D eigenvalue weighted by atomic mass is 10.1. The van der Waals surface area contributed by atoms with Crippen LogP contribution < -0.4 is 0 Å². The maximum atomic E-state index is 5.23. The van der Waals surface area contributed by atoms with Crippen LogP contribution in [-0.2, 0) is 8.92 Å². The zero-order chi connectivity index (χ0) is 7.23. The predicted octanol–water partition coefficient (Wildman–Crippen LogP) is 1.71. The molecule has 1 unspecified atom stereocenters. The van der Waals surface area contributed by atoms with Gasteiger partial charge in [-0.2, -0.15) is 0 Å². The minimum absolute atomic E-state index is 0.757. The van der Waals surface area contributed by atoms with Crippen molar-refractivity contribution < 1.29 is 8.92 Å². The summed E-state index contributed by atoms with van der Waals surface area (Å²) in [5.41, 5.74) is 0. The Balaban J connectivity index is 1.91. The highest BCUT2D eigenvalue weighted by molar-refractivity contribution is 7.93. The van der Waals surface area contributed by atoms with Crippen molar-refractivity contribution in [3.63, 3.8) is 0 Å². The van der Waals surface area contributed by atoms with E-state index in [0.29, 0.717) is 0 Å². The normalized spacial score (nSPS) is 25.5. The highest BCUT2D eigenvalue weighted by atomic mass is 32.2. The van der Waals surface area contributed by atoms with Gasteiger partial charge < -0.3 is 8.92 Å². The molecule has 1 aliphatic rings. The minimum atomic E-state index is 0.757. The number of hydrogen-bond acceptors (Lipinski definition) is 3. The summed E-state index contributed by atoms with van der Waals surface area (Å²) >= 11 is 1.44. The van der Waals surface area contributed by atoms with Gasteiger partial charge in [-0.3, -0.25) is 0 Å². The van der Waals surface area contributed by atoms with E-state index in [1.807, 2.05) is 6.26 Å². The molecule has 0 radical (unpaired) electrons. The first-order valence-electron chi connectivity index (χ1n) is 3.67.